The number of amides is 1. The van der Waals surface area contributed by atoms with Crippen molar-refractivity contribution in [1.29, 1.82) is 0 Å². The minimum Gasteiger partial charge on any atom is -0.381 e. The fourth-order valence-corrected chi connectivity index (χ4v) is 2.77. The molecule has 2 atom stereocenters. The zero-order chi connectivity index (χ0) is 12.1. The Morgan fingerprint density at radius 3 is 3.06 bits per heavy atom. The molecular formula is C13H24N2O2. The van der Waals surface area contributed by atoms with Crippen LogP contribution in [0.2, 0.25) is 0 Å². The van der Waals surface area contributed by atoms with Gasteiger partial charge in [-0.05, 0) is 32.7 Å². The van der Waals surface area contributed by atoms with E-state index in [9.17, 15) is 4.79 Å². The van der Waals surface area contributed by atoms with E-state index in [0.717, 1.165) is 58.7 Å². The monoisotopic (exact) mass is 240 g/mol. The van der Waals surface area contributed by atoms with Crippen molar-refractivity contribution in [2.75, 3.05) is 39.4 Å². The molecule has 0 bridgehead atoms. The maximum absolute atomic E-state index is 12.3. The lowest BCUT2D eigenvalue weighted by molar-refractivity contribution is -0.135. The standard InChI is InChI=1S/C13H24N2O2/c1-2-17-10-11-5-7-15(9-11)13(16)12-4-3-6-14-8-12/h11-12,14H,2-10H2,1H3/t11-,12-/m1/s1. The number of hydrogen-bond acceptors (Lipinski definition) is 3. The Balaban J connectivity index is 1.76. The molecule has 2 aliphatic rings. The van der Waals surface area contributed by atoms with Crippen LogP contribution in [0.25, 0.3) is 0 Å². The summed E-state index contributed by atoms with van der Waals surface area (Å²) in [5.74, 6) is 1.13. The number of likely N-dealkylation sites (tertiary alicyclic amines) is 1. The van der Waals surface area contributed by atoms with Gasteiger partial charge in [-0.15, -0.1) is 0 Å². The number of carbonyl (C=O) groups excluding carboxylic acids is 1. The van der Waals surface area contributed by atoms with Gasteiger partial charge in [0.1, 0.15) is 0 Å². The topological polar surface area (TPSA) is 41.6 Å². The second kappa shape index (κ2) is 6.36. The molecular weight excluding hydrogens is 216 g/mol. The summed E-state index contributed by atoms with van der Waals surface area (Å²) in [6, 6.07) is 0. The largest absolute Gasteiger partial charge is 0.381 e. The van der Waals surface area contributed by atoms with Crippen LogP contribution >= 0.6 is 0 Å². The lowest BCUT2D eigenvalue weighted by Gasteiger charge is -2.26. The van der Waals surface area contributed by atoms with Gasteiger partial charge in [0, 0.05) is 32.2 Å². The van der Waals surface area contributed by atoms with Crippen molar-refractivity contribution in [3.05, 3.63) is 0 Å². The van der Waals surface area contributed by atoms with Crippen LogP contribution in [-0.2, 0) is 9.53 Å². The summed E-state index contributed by atoms with van der Waals surface area (Å²) in [7, 11) is 0. The normalized spacial score (nSPS) is 29.6. The number of rotatable bonds is 4. The first kappa shape index (κ1) is 12.8. The fourth-order valence-electron chi connectivity index (χ4n) is 2.77. The van der Waals surface area contributed by atoms with E-state index in [-0.39, 0.29) is 5.92 Å². The van der Waals surface area contributed by atoms with Crippen LogP contribution in [0.4, 0.5) is 0 Å². The van der Waals surface area contributed by atoms with Gasteiger partial charge in [0.2, 0.25) is 5.91 Å². The minimum atomic E-state index is 0.217. The second-order valence-corrected chi connectivity index (χ2v) is 5.14. The van der Waals surface area contributed by atoms with Crippen molar-refractivity contribution in [2.24, 2.45) is 11.8 Å². The van der Waals surface area contributed by atoms with E-state index < -0.39 is 0 Å². The van der Waals surface area contributed by atoms with Crippen molar-refractivity contribution in [3.63, 3.8) is 0 Å². The van der Waals surface area contributed by atoms with E-state index in [0.29, 0.717) is 11.8 Å². The summed E-state index contributed by atoms with van der Waals surface area (Å²) in [5.41, 5.74) is 0. The van der Waals surface area contributed by atoms with Crippen LogP contribution in [0.1, 0.15) is 26.2 Å². The maximum Gasteiger partial charge on any atom is 0.226 e. The van der Waals surface area contributed by atoms with Gasteiger partial charge in [0.25, 0.3) is 0 Å². The number of hydrogen-bond donors (Lipinski definition) is 1. The van der Waals surface area contributed by atoms with Crippen LogP contribution in [0.15, 0.2) is 0 Å². The molecule has 2 saturated heterocycles. The first-order valence-electron chi connectivity index (χ1n) is 6.88. The van der Waals surface area contributed by atoms with Gasteiger partial charge < -0.3 is 15.0 Å². The molecule has 0 aromatic heterocycles. The molecule has 0 radical (unpaired) electrons. The number of carbonyl (C=O) groups is 1. The maximum atomic E-state index is 12.3. The lowest BCUT2D eigenvalue weighted by Crippen LogP contribution is -2.42. The van der Waals surface area contributed by atoms with Crippen LogP contribution in [0, 0.1) is 11.8 Å². The zero-order valence-corrected chi connectivity index (χ0v) is 10.8. The quantitative estimate of drug-likeness (QED) is 0.793. The summed E-state index contributed by atoms with van der Waals surface area (Å²) in [4.78, 5) is 14.3. The molecule has 2 heterocycles. The summed E-state index contributed by atoms with van der Waals surface area (Å²) < 4.78 is 5.44. The highest BCUT2D eigenvalue weighted by atomic mass is 16.5. The Labute approximate surface area is 104 Å². The van der Waals surface area contributed by atoms with Gasteiger partial charge >= 0.3 is 0 Å². The van der Waals surface area contributed by atoms with E-state index in [2.05, 4.69) is 5.32 Å². The van der Waals surface area contributed by atoms with Crippen molar-refractivity contribution >= 4 is 5.91 Å². The fraction of sp³-hybridized carbons (Fsp3) is 0.923. The van der Waals surface area contributed by atoms with Crippen molar-refractivity contribution in [3.8, 4) is 0 Å². The number of nitrogens with one attached hydrogen (secondary N) is 1. The SMILES string of the molecule is CCOC[C@@H]1CCN(C(=O)[C@@H]2CCCNC2)C1. The van der Waals surface area contributed by atoms with E-state index in [1.54, 1.807) is 0 Å². The summed E-state index contributed by atoms with van der Waals surface area (Å²) in [5, 5.41) is 3.31. The van der Waals surface area contributed by atoms with Gasteiger partial charge in [0.05, 0.1) is 12.5 Å². The molecule has 0 spiro atoms. The van der Waals surface area contributed by atoms with Crippen molar-refractivity contribution in [2.45, 2.75) is 26.2 Å². The van der Waals surface area contributed by atoms with E-state index >= 15 is 0 Å². The third-order valence-electron chi connectivity index (χ3n) is 3.80. The number of piperidine rings is 1. The molecule has 1 N–H and O–H groups in total. The van der Waals surface area contributed by atoms with Crippen molar-refractivity contribution in [1.82, 2.24) is 10.2 Å². The molecule has 98 valence electrons. The van der Waals surface area contributed by atoms with Gasteiger partial charge in [-0.1, -0.05) is 0 Å². The molecule has 4 heteroatoms. The van der Waals surface area contributed by atoms with Crippen LogP contribution in [0.5, 0.6) is 0 Å². The third-order valence-corrected chi connectivity index (χ3v) is 3.80. The predicted molar refractivity (Wildman–Crippen MR) is 66.8 cm³/mol. The molecule has 0 saturated carbocycles. The molecule has 0 aliphatic carbocycles. The molecule has 2 aliphatic heterocycles. The first-order chi connectivity index (χ1) is 8.31. The smallest absolute Gasteiger partial charge is 0.226 e. The average molecular weight is 240 g/mol. The predicted octanol–water partition coefficient (Wildman–Crippen LogP) is 0.871. The lowest BCUT2D eigenvalue weighted by atomic mass is 9.98. The summed E-state index contributed by atoms with van der Waals surface area (Å²) in [6.07, 6.45) is 3.29. The zero-order valence-electron chi connectivity index (χ0n) is 10.8. The number of ether oxygens (including phenoxy) is 1. The Morgan fingerprint density at radius 2 is 2.35 bits per heavy atom. The molecule has 17 heavy (non-hydrogen) atoms. The Morgan fingerprint density at radius 1 is 1.47 bits per heavy atom. The van der Waals surface area contributed by atoms with Crippen molar-refractivity contribution < 1.29 is 9.53 Å². The number of nitrogens with zero attached hydrogens (tertiary/aromatic N) is 1. The molecule has 1 amide bonds. The van der Waals surface area contributed by atoms with Crippen LogP contribution in [0.3, 0.4) is 0 Å². The van der Waals surface area contributed by atoms with Gasteiger partial charge in [0.15, 0.2) is 0 Å². The van der Waals surface area contributed by atoms with E-state index in [1.165, 1.54) is 0 Å². The molecule has 2 fully saturated rings. The van der Waals surface area contributed by atoms with Crippen LogP contribution < -0.4 is 5.32 Å². The highest BCUT2D eigenvalue weighted by molar-refractivity contribution is 5.79. The molecule has 0 aromatic rings. The van der Waals surface area contributed by atoms with Gasteiger partial charge in [-0.25, -0.2) is 0 Å². The third kappa shape index (κ3) is 3.42. The Kier molecular flexibility index (Phi) is 4.80. The minimum absolute atomic E-state index is 0.217. The Bertz CT molecular complexity index is 252. The van der Waals surface area contributed by atoms with E-state index in [4.69, 9.17) is 4.74 Å². The highest BCUT2D eigenvalue weighted by Crippen LogP contribution is 2.21. The average Bonchev–Trinajstić information content (AvgIpc) is 2.85. The first-order valence-corrected chi connectivity index (χ1v) is 6.88. The molecule has 0 unspecified atom stereocenters. The molecule has 0 aromatic carbocycles. The molecule has 4 nitrogen and oxygen atoms in total. The van der Waals surface area contributed by atoms with Gasteiger partial charge in [-0.2, -0.15) is 0 Å². The molecule has 2 rings (SSSR count). The Hall–Kier alpha value is -0.610. The second-order valence-electron chi connectivity index (χ2n) is 5.14. The van der Waals surface area contributed by atoms with E-state index in [1.807, 2.05) is 11.8 Å². The van der Waals surface area contributed by atoms with Gasteiger partial charge in [-0.3, -0.25) is 4.79 Å². The van der Waals surface area contributed by atoms with Crippen LogP contribution in [-0.4, -0.2) is 50.2 Å². The summed E-state index contributed by atoms with van der Waals surface area (Å²) >= 11 is 0. The highest BCUT2D eigenvalue weighted by Gasteiger charge is 2.31. The summed E-state index contributed by atoms with van der Waals surface area (Å²) in [6.45, 7) is 7.36.